The number of amides is 1. The fraction of sp³-hybridized carbons (Fsp3) is 0.533. The minimum Gasteiger partial charge on any atom is -0.479 e. The van der Waals surface area contributed by atoms with Crippen molar-refractivity contribution in [2.24, 2.45) is 5.73 Å². The van der Waals surface area contributed by atoms with Crippen LogP contribution in [0.5, 0.6) is 5.75 Å². The molecule has 21 heavy (non-hydrogen) atoms. The monoisotopic (exact) mass is 312 g/mol. The second-order valence-corrected chi connectivity index (χ2v) is 5.58. The average molecular weight is 313 g/mol. The van der Waals surface area contributed by atoms with E-state index in [1.807, 2.05) is 13.0 Å². The average Bonchev–Trinajstić information content (AvgIpc) is 2.49. The third-order valence-electron chi connectivity index (χ3n) is 3.46. The number of nitrogens with zero attached hydrogens (tertiary/aromatic N) is 1. The van der Waals surface area contributed by atoms with Gasteiger partial charge in [0.05, 0.1) is 18.2 Å². The van der Waals surface area contributed by atoms with Crippen molar-refractivity contribution in [1.82, 2.24) is 4.90 Å². The maximum absolute atomic E-state index is 12.3. The molecule has 0 radical (unpaired) electrons. The molecule has 2 atom stereocenters. The van der Waals surface area contributed by atoms with Gasteiger partial charge in [0.2, 0.25) is 0 Å². The Morgan fingerprint density at radius 3 is 2.62 bits per heavy atom. The Morgan fingerprint density at radius 2 is 2.05 bits per heavy atom. The summed E-state index contributed by atoms with van der Waals surface area (Å²) in [7, 11) is 0. The Hall–Kier alpha value is -1.30. The molecule has 0 spiro atoms. The van der Waals surface area contributed by atoms with Crippen molar-refractivity contribution in [2.45, 2.75) is 26.0 Å². The van der Waals surface area contributed by atoms with E-state index in [-0.39, 0.29) is 11.9 Å². The van der Waals surface area contributed by atoms with Gasteiger partial charge in [0.15, 0.2) is 6.10 Å². The Balaban J connectivity index is 2.01. The molecule has 1 saturated heterocycles. The highest BCUT2D eigenvalue weighted by atomic mass is 35.5. The van der Waals surface area contributed by atoms with Gasteiger partial charge in [-0.05, 0) is 31.5 Å². The number of halogens is 1. The number of hydrogen-bond acceptors (Lipinski definition) is 4. The molecule has 1 unspecified atom stereocenters. The van der Waals surface area contributed by atoms with Crippen molar-refractivity contribution < 1.29 is 14.3 Å². The molecular formula is C15H21ClN2O3. The van der Waals surface area contributed by atoms with Crippen LogP contribution < -0.4 is 10.5 Å². The molecule has 116 valence electrons. The Labute approximate surface area is 130 Å². The van der Waals surface area contributed by atoms with Crippen LogP contribution in [0.15, 0.2) is 18.2 Å². The first-order valence-electron chi connectivity index (χ1n) is 7.07. The number of benzene rings is 1. The second kappa shape index (κ2) is 7.11. The van der Waals surface area contributed by atoms with Crippen LogP contribution in [-0.2, 0) is 9.53 Å². The maximum Gasteiger partial charge on any atom is 0.263 e. The highest BCUT2D eigenvalue weighted by Gasteiger charge is 2.24. The lowest BCUT2D eigenvalue weighted by molar-refractivity contribution is -0.142. The predicted octanol–water partition coefficient (Wildman–Crippen LogP) is 1.99. The third-order valence-corrected chi connectivity index (χ3v) is 3.75. The molecule has 2 N–H and O–H groups in total. The summed E-state index contributed by atoms with van der Waals surface area (Å²) in [5.74, 6) is 0.445. The van der Waals surface area contributed by atoms with E-state index in [1.165, 1.54) is 0 Å². The summed E-state index contributed by atoms with van der Waals surface area (Å²) in [5, 5.41) is 0.464. The van der Waals surface area contributed by atoms with Crippen LogP contribution >= 0.6 is 11.6 Å². The minimum absolute atomic E-state index is 0.0503. The van der Waals surface area contributed by atoms with Gasteiger partial charge < -0.3 is 20.1 Å². The topological polar surface area (TPSA) is 64.8 Å². The minimum atomic E-state index is -0.582. The summed E-state index contributed by atoms with van der Waals surface area (Å²) < 4.78 is 10.9. The van der Waals surface area contributed by atoms with E-state index in [9.17, 15) is 4.79 Å². The van der Waals surface area contributed by atoms with Crippen LogP contribution in [-0.4, -0.2) is 43.2 Å². The largest absolute Gasteiger partial charge is 0.479 e. The number of rotatable bonds is 4. The zero-order valence-electron chi connectivity index (χ0n) is 12.3. The van der Waals surface area contributed by atoms with E-state index in [4.69, 9.17) is 26.8 Å². The van der Waals surface area contributed by atoms with E-state index >= 15 is 0 Å². The molecule has 1 aromatic rings. The van der Waals surface area contributed by atoms with Gasteiger partial charge >= 0.3 is 0 Å². The molecule has 1 amide bonds. The van der Waals surface area contributed by atoms with E-state index in [0.717, 1.165) is 5.56 Å². The lowest BCUT2D eigenvalue weighted by Gasteiger charge is -2.29. The van der Waals surface area contributed by atoms with Gasteiger partial charge in [0, 0.05) is 19.1 Å². The van der Waals surface area contributed by atoms with Crippen LogP contribution in [0.25, 0.3) is 0 Å². The van der Waals surface area contributed by atoms with Gasteiger partial charge in [-0.15, -0.1) is 0 Å². The van der Waals surface area contributed by atoms with Crippen molar-refractivity contribution in [1.29, 1.82) is 0 Å². The molecule has 6 heteroatoms. The van der Waals surface area contributed by atoms with Crippen molar-refractivity contribution in [3.05, 3.63) is 28.8 Å². The van der Waals surface area contributed by atoms with Crippen LogP contribution in [0.1, 0.15) is 25.5 Å². The molecule has 2 rings (SSSR count). The molecule has 0 aliphatic carbocycles. The van der Waals surface area contributed by atoms with E-state index in [2.05, 4.69) is 0 Å². The highest BCUT2D eigenvalue weighted by molar-refractivity contribution is 6.32. The van der Waals surface area contributed by atoms with Crippen molar-refractivity contribution >= 4 is 17.5 Å². The Morgan fingerprint density at radius 1 is 1.38 bits per heavy atom. The van der Waals surface area contributed by atoms with Crippen LogP contribution in [0, 0.1) is 0 Å². The standard InChI is InChI=1S/C15H21ClN2O3/c1-10(17)12-3-4-14(13(16)9-12)21-11(2)15(19)18-5-7-20-8-6-18/h3-4,9-11H,5-8,17H2,1-2H3/t10-,11?/m0/s1. The summed E-state index contributed by atoms with van der Waals surface area (Å²) in [6, 6.07) is 5.29. The first kappa shape index (κ1) is 16.1. The van der Waals surface area contributed by atoms with Crippen molar-refractivity contribution in [3.8, 4) is 5.75 Å². The van der Waals surface area contributed by atoms with Crippen molar-refractivity contribution in [2.75, 3.05) is 26.3 Å². The summed E-state index contributed by atoms with van der Waals surface area (Å²) in [6.45, 7) is 5.96. The SMILES string of the molecule is CC(Oc1ccc([C@H](C)N)cc1Cl)C(=O)N1CCOCC1. The predicted molar refractivity (Wildman–Crippen MR) is 81.5 cm³/mol. The number of carbonyl (C=O) groups is 1. The van der Waals surface area contributed by atoms with Crippen LogP contribution in [0.4, 0.5) is 0 Å². The highest BCUT2D eigenvalue weighted by Crippen LogP contribution is 2.28. The van der Waals surface area contributed by atoms with Gasteiger partial charge in [0.25, 0.3) is 5.91 Å². The summed E-state index contributed by atoms with van der Waals surface area (Å²) in [4.78, 5) is 14.0. The smallest absolute Gasteiger partial charge is 0.263 e. The third kappa shape index (κ3) is 4.09. The van der Waals surface area contributed by atoms with Gasteiger partial charge in [-0.3, -0.25) is 4.79 Å². The molecule has 1 heterocycles. The van der Waals surface area contributed by atoms with Crippen LogP contribution in [0.3, 0.4) is 0 Å². The zero-order chi connectivity index (χ0) is 15.4. The first-order valence-corrected chi connectivity index (χ1v) is 7.45. The molecule has 1 aliphatic heterocycles. The van der Waals surface area contributed by atoms with E-state index in [0.29, 0.717) is 37.1 Å². The summed E-state index contributed by atoms with van der Waals surface area (Å²) in [5.41, 5.74) is 6.74. The van der Waals surface area contributed by atoms with Gasteiger partial charge in [-0.1, -0.05) is 17.7 Å². The fourth-order valence-corrected chi connectivity index (χ4v) is 2.41. The molecule has 0 aromatic heterocycles. The van der Waals surface area contributed by atoms with E-state index < -0.39 is 6.10 Å². The molecular weight excluding hydrogens is 292 g/mol. The Bertz CT molecular complexity index is 502. The van der Waals surface area contributed by atoms with Crippen molar-refractivity contribution in [3.63, 3.8) is 0 Å². The van der Waals surface area contributed by atoms with Gasteiger partial charge in [0.1, 0.15) is 5.75 Å². The van der Waals surface area contributed by atoms with Gasteiger partial charge in [-0.2, -0.15) is 0 Å². The molecule has 1 aliphatic rings. The molecule has 1 aromatic carbocycles. The summed E-state index contributed by atoms with van der Waals surface area (Å²) >= 11 is 6.18. The Kier molecular flexibility index (Phi) is 5.45. The normalized spacial score (nSPS) is 18.2. The maximum atomic E-state index is 12.3. The molecule has 1 fully saturated rings. The number of nitrogens with two attached hydrogens (primary N) is 1. The lowest BCUT2D eigenvalue weighted by Crippen LogP contribution is -2.46. The first-order chi connectivity index (χ1) is 9.99. The molecule has 0 bridgehead atoms. The lowest BCUT2D eigenvalue weighted by atomic mass is 10.1. The zero-order valence-corrected chi connectivity index (χ0v) is 13.1. The number of morpholine rings is 1. The van der Waals surface area contributed by atoms with Gasteiger partial charge in [-0.25, -0.2) is 0 Å². The van der Waals surface area contributed by atoms with E-state index in [1.54, 1.807) is 24.0 Å². The number of hydrogen-bond donors (Lipinski definition) is 1. The second-order valence-electron chi connectivity index (χ2n) is 5.18. The number of ether oxygens (including phenoxy) is 2. The fourth-order valence-electron chi connectivity index (χ4n) is 2.18. The molecule has 5 nitrogen and oxygen atoms in total. The molecule has 0 saturated carbocycles. The summed E-state index contributed by atoms with van der Waals surface area (Å²) in [6.07, 6.45) is -0.582. The van der Waals surface area contributed by atoms with Crippen LogP contribution in [0.2, 0.25) is 5.02 Å². The quantitative estimate of drug-likeness (QED) is 0.923. The number of carbonyl (C=O) groups excluding carboxylic acids is 1.